The minimum atomic E-state index is -3.62. The number of aryl methyl sites for hydroxylation is 2. The smallest absolute Gasteiger partial charge is 0.225 e. The SMILES string of the molecule is COc1ccc(S(=O)(=O)CCC(=O)Nc2cc(C)cc(C)c2)cc1OC. The highest BCUT2D eigenvalue weighted by molar-refractivity contribution is 7.91. The van der Waals surface area contributed by atoms with Crippen molar-refractivity contribution < 1.29 is 22.7 Å². The Morgan fingerprint density at radius 2 is 1.58 bits per heavy atom. The molecular formula is C19H23NO5S. The summed E-state index contributed by atoms with van der Waals surface area (Å²) in [7, 11) is -0.706. The molecule has 0 fully saturated rings. The van der Waals surface area contributed by atoms with Crippen LogP contribution in [0.1, 0.15) is 17.5 Å². The maximum absolute atomic E-state index is 12.5. The third-order valence-electron chi connectivity index (χ3n) is 3.82. The molecule has 140 valence electrons. The van der Waals surface area contributed by atoms with E-state index in [9.17, 15) is 13.2 Å². The van der Waals surface area contributed by atoms with Crippen LogP contribution in [-0.4, -0.2) is 34.3 Å². The molecule has 0 heterocycles. The molecule has 0 saturated carbocycles. The molecule has 0 atom stereocenters. The fraction of sp³-hybridized carbons (Fsp3) is 0.316. The predicted octanol–water partition coefficient (Wildman–Crippen LogP) is 3.12. The van der Waals surface area contributed by atoms with Gasteiger partial charge in [0.15, 0.2) is 21.3 Å². The van der Waals surface area contributed by atoms with E-state index in [4.69, 9.17) is 9.47 Å². The highest BCUT2D eigenvalue weighted by Gasteiger charge is 2.19. The first-order valence-electron chi connectivity index (χ1n) is 8.08. The summed E-state index contributed by atoms with van der Waals surface area (Å²) in [5, 5.41) is 2.74. The quantitative estimate of drug-likeness (QED) is 0.802. The molecule has 0 aliphatic rings. The number of carbonyl (C=O) groups excluding carboxylic acids is 1. The first-order chi connectivity index (χ1) is 12.2. The maximum atomic E-state index is 12.5. The highest BCUT2D eigenvalue weighted by atomic mass is 32.2. The van der Waals surface area contributed by atoms with Crippen LogP contribution < -0.4 is 14.8 Å². The number of carbonyl (C=O) groups is 1. The standard InChI is InChI=1S/C19H23NO5S/c1-13-9-14(2)11-15(10-13)20-19(21)7-8-26(22,23)16-5-6-17(24-3)18(12-16)25-4/h5-6,9-12H,7-8H2,1-4H3,(H,20,21). The normalized spacial score (nSPS) is 11.1. The van der Waals surface area contributed by atoms with Gasteiger partial charge in [-0.05, 0) is 49.2 Å². The van der Waals surface area contributed by atoms with Crippen molar-refractivity contribution in [2.24, 2.45) is 0 Å². The molecule has 1 N–H and O–H groups in total. The fourth-order valence-corrected chi connectivity index (χ4v) is 3.88. The van der Waals surface area contributed by atoms with Gasteiger partial charge in [0.05, 0.1) is 24.9 Å². The lowest BCUT2D eigenvalue weighted by Crippen LogP contribution is -2.17. The molecule has 0 aliphatic carbocycles. The first kappa shape index (κ1) is 19.8. The van der Waals surface area contributed by atoms with Crippen molar-refractivity contribution in [3.05, 3.63) is 47.5 Å². The van der Waals surface area contributed by atoms with E-state index in [-0.39, 0.29) is 23.0 Å². The molecular weight excluding hydrogens is 354 g/mol. The number of sulfone groups is 1. The summed E-state index contributed by atoms with van der Waals surface area (Å²) in [5.74, 6) is 0.130. The van der Waals surface area contributed by atoms with E-state index in [1.165, 1.54) is 32.4 Å². The fourth-order valence-electron chi connectivity index (χ4n) is 2.63. The summed E-state index contributed by atoms with van der Waals surface area (Å²) in [5.41, 5.74) is 2.72. The summed E-state index contributed by atoms with van der Waals surface area (Å²) >= 11 is 0. The van der Waals surface area contributed by atoms with Crippen LogP contribution in [0.15, 0.2) is 41.3 Å². The molecule has 2 aromatic rings. The summed E-state index contributed by atoms with van der Waals surface area (Å²) < 4.78 is 35.2. The van der Waals surface area contributed by atoms with Gasteiger partial charge in [-0.1, -0.05) is 6.07 Å². The Morgan fingerprint density at radius 1 is 0.962 bits per heavy atom. The Kier molecular flexibility index (Phi) is 6.26. The Hall–Kier alpha value is -2.54. The van der Waals surface area contributed by atoms with Gasteiger partial charge in [0.25, 0.3) is 0 Å². The van der Waals surface area contributed by atoms with Crippen molar-refractivity contribution in [1.29, 1.82) is 0 Å². The Labute approximate surface area is 154 Å². The zero-order valence-electron chi connectivity index (χ0n) is 15.3. The van der Waals surface area contributed by atoms with Crippen molar-refractivity contribution in [3.63, 3.8) is 0 Å². The molecule has 1 amide bonds. The molecule has 6 nitrogen and oxygen atoms in total. The minimum absolute atomic E-state index is 0.0920. The molecule has 7 heteroatoms. The molecule has 0 saturated heterocycles. The number of anilines is 1. The molecule has 0 aliphatic heterocycles. The van der Waals surface area contributed by atoms with Crippen LogP contribution in [0.2, 0.25) is 0 Å². The van der Waals surface area contributed by atoms with Gasteiger partial charge in [0.2, 0.25) is 5.91 Å². The summed E-state index contributed by atoms with van der Waals surface area (Å²) in [6.07, 6.45) is -0.135. The number of ether oxygens (including phenoxy) is 2. The van der Waals surface area contributed by atoms with Gasteiger partial charge in [0, 0.05) is 18.2 Å². The summed E-state index contributed by atoms with van der Waals surface area (Å²) in [6.45, 7) is 3.87. The van der Waals surface area contributed by atoms with Crippen LogP contribution in [0.25, 0.3) is 0 Å². The van der Waals surface area contributed by atoms with Crippen molar-refractivity contribution in [3.8, 4) is 11.5 Å². The average molecular weight is 377 g/mol. The zero-order valence-corrected chi connectivity index (χ0v) is 16.1. The van der Waals surface area contributed by atoms with Gasteiger partial charge in [-0.25, -0.2) is 8.42 Å². The second-order valence-corrected chi connectivity index (χ2v) is 8.12. The third kappa shape index (κ3) is 4.98. The molecule has 0 unspecified atom stereocenters. The van der Waals surface area contributed by atoms with Crippen LogP contribution in [0, 0.1) is 13.8 Å². The van der Waals surface area contributed by atoms with Gasteiger partial charge < -0.3 is 14.8 Å². The average Bonchev–Trinajstić information content (AvgIpc) is 2.58. The highest BCUT2D eigenvalue weighted by Crippen LogP contribution is 2.30. The molecule has 0 bridgehead atoms. The lowest BCUT2D eigenvalue weighted by Gasteiger charge is -2.11. The molecule has 2 aromatic carbocycles. The minimum Gasteiger partial charge on any atom is -0.493 e. The lowest BCUT2D eigenvalue weighted by atomic mass is 10.1. The van der Waals surface area contributed by atoms with Crippen LogP contribution in [0.4, 0.5) is 5.69 Å². The van der Waals surface area contributed by atoms with E-state index in [2.05, 4.69) is 5.32 Å². The van der Waals surface area contributed by atoms with Crippen LogP contribution in [0.5, 0.6) is 11.5 Å². The number of benzene rings is 2. The van der Waals surface area contributed by atoms with E-state index < -0.39 is 9.84 Å². The van der Waals surface area contributed by atoms with Crippen molar-refractivity contribution in [2.45, 2.75) is 25.2 Å². The number of rotatable bonds is 7. The Balaban J connectivity index is 2.06. The maximum Gasteiger partial charge on any atom is 0.225 e. The van der Waals surface area contributed by atoms with Gasteiger partial charge in [-0.15, -0.1) is 0 Å². The van der Waals surface area contributed by atoms with Gasteiger partial charge in [-0.2, -0.15) is 0 Å². The topological polar surface area (TPSA) is 81.7 Å². The first-order valence-corrected chi connectivity index (χ1v) is 9.73. The number of hydrogen-bond acceptors (Lipinski definition) is 5. The Bertz CT molecular complexity index is 886. The van der Waals surface area contributed by atoms with E-state index >= 15 is 0 Å². The predicted molar refractivity (Wildman–Crippen MR) is 101 cm³/mol. The molecule has 0 radical (unpaired) electrons. The van der Waals surface area contributed by atoms with E-state index in [0.717, 1.165) is 11.1 Å². The number of hydrogen-bond donors (Lipinski definition) is 1. The molecule has 0 aromatic heterocycles. The summed E-state index contributed by atoms with van der Waals surface area (Å²) in [6, 6.07) is 10.1. The molecule has 26 heavy (non-hydrogen) atoms. The summed E-state index contributed by atoms with van der Waals surface area (Å²) in [4.78, 5) is 12.2. The Morgan fingerprint density at radius 3 is 2.15 bits per heavy atom. The lowest BCUT2D eigenvalue weighted by molar-refractivity contribution is -0.115. The van der Waals surface area contributed by atoms with Gasteiger partial charge in [-0.3, -0.25) is 4.79 Å². The van der Waals surface area contributed by atoms with Gasteiger partial charge >= 0.3 is 0 Å². The number of methoxy groups -OCH3 is 2. The van der Waals surface area contributed by atoms with Gasteiger partial charge in [0.1, 0.15) is 0 Å². The zero-order chi connectivity index (χ0) is 19.3. The van der Waals surface area contributed by atoms with Crippen LogP contribution in [0.3, 0.4) is 0 Å². The number of amides is 1. The largest absolute Gasteiger partial charge is 0.493 e. The van der Waals surface area contributed by atoms with E-state index in [1.807, 2.05) is 32.0 Å². The number of nitrogens with one attached hydrogen (secondary N) is 1. The molecule has 0 spiro atoms. The second kappa shape index (κ2) is 8.23. The van der Waals surface area contributed by atoms with E-state index in [0.29, 0.717) is 17.2 Å². The van der Waals surface area contributed by atoms with E-state index in [1.54, 1.807) is 0 Å². The van der Waals surface area contributed by atoms with Crippen molar-refractivity contribution in [1.82, 2.24) is 0 Å². The monoisotopic (exact) mass is 377 g/mol. The van der Waals surface area contributed by atoms with Crippen molar-refractivity contribution >= 4 is 21.4 Å². The third-order valence-corrected chi connectivity index (χ3v) is 5.53. The van der Waals surface area contributed by atoms with Crippen LogP contribution in [-0.2, 0) is 14.6 Å². The second-order valence-electron chi connectivity index (χ2n) is 6.01. The van der Waals surface area contributed by atoms with Crippen molar-refractivity contribution in [2.75, 3.05) is 25.3 Å². The van der Waals surface area contributed by atoms with Crippen LogP contribution >= 0.6 is 0 Å². The molecule has 2 rings (SSSR count).